The lowest BCUT2D eigenvalue weighted by Crippen LogP contribution is -2.13. The van der Waals surface area contributed by atoms with Gasteiger partial charge in [0.2, 0.25) is 0 Å². The normalized spacial score (nSPS) is 10.4. The van der Waals surface area contributed by atoms with Crippen LogP contribution in [-0.2, 0) is 0 Å². The molecule has 0 radical (unpaired) electrons. The predicted octanol–water partition coefficient (Wildman–Crippen LogP) is 5.42. The van der Waals surface area contributed by atoms with Crippen LogP contribution in [0.25, 0.3) is 32.7 Å². The minimum atomic E-state index is -0.395. The number of methoxy groups -OCH3 is 1. The van der Waals surface area contributed by atoms with Crippen molar-refractivity contribution < 1.29 is 9.53 Å². The lowest BCUT2D eigenvalue weighted by Gasteiger charge is -2.12. The summed E-state index contributed by atoms with van der Waals surface area (Å²) in [5.41, 5.74) is 4.81. The zero-order valence-corrected chi connectivity index (χ0v) is 19.7. The summed E-state index contributed by atoms with van der Waals surface area (Å²) in [5.74, 6) is 0.141. The molecule has 0 aliphatic rings. The van der Waals surface area contributed by atoms with E-state index in [1.807, 2.05) is 24.3 Å². The van der Waals surface area contributed by atoms with E-state index in [4.69, 9.17) is 10.00 Å². The number of carbonyl (C=O) groups excluding carboxylic acids is 1. The molecule has 172 valence electrons. The Kier molecular flexibility index (Phi) is 6.06. The summed E-state index contributed by atoms with van der Waals surface area (Å²) in [7, 11) is 1.53. The van der Waals surface area contributed by atoms with Gasteiger partial charge in [0, 0.05) is 29.1 Å². The Hall–Kier alpha value is -5.12. The number of nitrogens with one attached hydrogen (secondary N) is 1. The number of rotatable bonds is 5. The van der Waals surface area contributed by atoms with E-state index in [9.17, 15) is 10.1 Å². The lowest BCUT2D eigenvalue weighted by atomic mass is 9.98. The highest BCUT2D eigenvalue weighted by Gasteiger charge is 2.18. The zero-order valence-electron chi connectivity index (χ0n) is 18.9. The van der Waals surface area contributed by atoms with Crippen LogP contribution in [0.5, 0.6) is 5.75 Å². The van der Waals surface area contributed by atoms with Crippen LogP contribution in [0, 0.1) is 22.7 Å². The number of amides is 1. The van der Waals surface area contributed by atoms with Gasteiger partial charge in [-0.25, -0.2) is 9.97 Å². The third-order valence-electron chi connectivity index (χ3n) is 5.47. The van der Waals surface area contributed by atoms with E-state index in [2.05, 4.69) is 32.4 Å². The number of hydrogen-bond donors (Lipinski definition) is 1. The smallest absolute Gasteiger partial charge is 0.259 e. The molecule has 3 aromatic heterocycles. The maximum absolute atomic E-state index is 13.3. The van der Waals surface area contributed by atoms with Crippen molar-refractivity contribution in [3.63, 3.8) is 0 Å². The molecule has 0 bridgehead atoms. The largest absolute Gasteiger partial charge is 0.496 e. The molecule has 9 heteroatoms. The van der Waals surface area contributed by atoms with Crippen molar-refractivity contribution in [2.45, 2.75) is 0 Å². The van der Waals surface area contributed by atoms with Crippen LogP contribution in [0.1, 0.15) is 21.5 Å². The van der Waals surface area contributed by atoms with Gasteiger partial charge in [-0.05, 0) is 48.5 Å². The maximum Gasteiger partial charge on any atom is 0.259 e. The van der Waals surface area contributed by atoms with Crippen LogP contribution in [0.2, 0.25) is 0 Å². The van der Waals surface area contributed by atoms with Crippen molar-refractivity contribution >= 4 is 32.7 Å². The van der Waals surface area contributed by atoms with Crippen molar-refractivity contribution in [1.82, 2.24) is 15.0 Å². The summed E-state index contributed by atoms with van der Waals surface area (Å²) in [4.78, 5) is 27.2. The Balaban J connectivity index is 1.46. The Bertz CT molecular complexity index is 1700. The van der Waals surface area contributed by atoms with Gasteiger partial charge in [0.25, 0.3) is 5.91 Å². The molecule has 0 atom stereocenters. The molecule has 0 saturated heterocycles. The second-order valence-electron chi connectivity index (χ2n) is 7.63. The van der Waals surface area contributed by atoms with E-state index in [1.165, 1.54) is 24.6 Å². The number of nitrogens with zero attached hydrogens (tertiary/aromatic N) is 5. The molecular weight excluding hydrogens is 472 g/mol. The molecular formula is C27H16N6O2S. The molecule has 3 heterocycles. The third kappa shape index (κ3) is 4.34. The third-order valence-corrected chi connectivity index (χ3v) is 6.35. The van der Waals surface area contributed by atoms with Crippen LogP contribution >= 0.6 is 11.3 Å². The SMILES string of the molecule is COc1ccc(C#N)cc1-c1ccncc1C(=O)Nc1nc2ccc(-c3ccc(C#N)cc3)nc2s1. The molecule has 1 amide bonds. The van der Waals surface area contributed by atoms with Gasteiger partial charge in [-0.3, -0.25) is 15.1 Å². The predicted molar refractivity (Wildman–Crippen MR) is 136 cm³/mol. The zero-order chi connectivity index (χ0) is 25.1. The standard InChI is InChI=1S/C27H16N6O2S/c1-35-24-9-4-17(14-29)12-20(24)19-10-11-30-15-21(19)25(34)33-27-32-23-8-7-22(31-26(23)36-27)18-5-2-16(13-28)3-6-18/h2-12,15H,1H3,(H,32,33,34). The molecule has 2 aromatic carbocycles. The van der Waals surface area contributed by atoms with Gasteiger partial charge >= 0.3 is 0 Å². The summed E-state index contributed by atoms with van der Waals surface area (Å²) in [6, 6.07) is 21.8. The number of carbonyl (C=O) groups is 1. The quantitative estimate of drug-likeness (QED) is 0.350. The number of pyridine rings is 2. The van der Waals surface area contributed by atoms with Gasteiger partial charge in [0.05, 0.1) is 41.6 Å². The molecule has 36 heavy (non-hydrogen) atoms. The number of hydrogen-bond acceptors (Lipinski definition) is 8. The van der Waals surface area contributed by atoms with Gasteiger partial charge < -0.3 is 4.74 Å². The fourth-order valence-electron chi connectivity index (χ4n) is 3.71. The van der Waals surface area contributed by atoms with E-state index in [0.717, 1.165) is 11.3 Å². The fourth-order valence-corrected chi connectivity index (χ4v) is 4.54. The number of thiazole rings is 1. The number of fused-ring (bicyclic) bond motifs is 1. The van der Waals surface area contributed by atoms with Crippen LogP contribution in [0.15, 0.2) is 73.1 Å². The molecule has 0 spiro atoms. The van der Waals surface area contributed by atoms with Crippen LogP contribution in [0.3, 0.4) is 0 Å². The summed E-state index contributed by atoms with van der Waals surface area (Å²) in [6.45, 7) is 0. The summed E-state index contributed by atoms with van der Waals surface area (Å²) in [5, 5.41) is 21.6. The van der Waals surface area contributed by atoms with E-state index >= 15 is 0 Å². The average molecular weight is 489 g/mol. The fraction of sp³-hybridized carbons (Fsp3) is 0.0370. The van der Waals surface area contributed by atoms with E-state index in [0.29, 0.717) is 49.0 Å². The van der Waals surface area contributed by atoms with Gasteiger partial charge in [-0.1, -0.05) is 23.5 Å². The number of anilines is 1. The molecule has 0 aliphatic heterocycles. The van der Waals surface area contributed by atoms with E-state index < -0.39 is 5.91 Å². The first-order valence-electron chi connectivity index (χ1n) is 10.7. The van der Waals surface area contributed by atoms with E-state index in [1.54, 1.807) is 42.6 Å². The Morgan fingerprint density at radius 1 is 0.944 bits per heavy atom. The van der Waals surface area contributed by atoms with Crippen molar-refractivity contribution in [2.24, 2.45) is 0 Å². The molecule has 0 unspecified atom stereocenters. The highest BCUT2D eigenvalue weighted by molar-refractivity contribution is 7.22. The van der Waals surface area contributed by atoms with Crippen molar-refractivity contribution in [3.05, 3.63) is 89.7 Å². The number of ether oxygens (including phenoxy) is 1. The lowest BCUT2D eigenvalue weighted by molar-refractivity contribution is 0.102. The van der Waals surface area contributed by atoms with Crippen molar-refractivity contribution in [1.29, 1.82) is 10.5 Å². The number of benzene rings is 2. The second kappa shape index (κ2) is 9.63. The molecule has 0 saturated carbocycles. The first kappa shape index (κ1) is 22.7. The molecule has 5 rings (SSSR count). The molecule has 5 aromatic rings. The Morgan fingerprint density at radius 2 is 1.72 bits per heavy atom. The van der Waals surface area contributed by atoms with Crippen LogP contribution in [-0.4, -0.2) is 28.0 Å². The Morgan fingerprint density at radius 3 is 2.47 bits per heavy atom. The molecule has 1 N–H and O–H groups in total. The van der Waals surface area contributed by atoms with Gasteiger partial charge in [0.1, 0.15) is 16.1 Å². The molecule has 0 fully saturated rings. The Labute approximate surface area is 210 Å². The van der Waals surface area contributed by atoms with Gasteiger partial charge in [-0.2, -0.15) is 10.5 Å². The van der Waals surface area contributed by atoms with Gasteiger partial charge in [-0.15, -0.1) is 0 Å². The topological polar surface area (TPSA) is 125 Å². The van der Waals surface area contributed by atoms with Crippen molar-refractivity contribution in [3.8, 4) is 40.3 Å². The van der Waals surface area contributed by atoms with Crippen LogP contribution in [0.4, 0.5) is 5.13 Å². The molecule has 0 aliphatic carbocycles. The highest BCUT2D eigenvalue weighted by Crippen LogP contribution is 2.34. The maximum atomic E-state index is 13.3. The first-order chi connectivity index (χ1) is 17.6. The van der Waals surface area contributed by atoms with Crippen LogP contribution < -0.4 is 10.1 Å². The number of nitriles is 2. The van der Waals surface area contributed by atoms with Gasteiger partial charge in [0.15, 0.2) is 5.13 Å². The minimum absolute atomic E-state index is 0.316. The summed E-state index contributed by atoms with van der Waals surface area (Å²) in [6.07, 6.45) is 3.05. The highest BCUT2D eigenvalue weighted by atomic mass is 32.1. The summed E-state index contributed by atoms with van der Waals surface area (Å²) >= 11 is 1.26. The number of aromatic nitrogens is 3. The van der Waals surface area contributed by atoms with E-state index in [-0.39, 0.29) is 0 Å². The minimum Gasteiger partial charge on any atom is -0.496 e. The monoisotopic (exact) mass is 488 g/mol. The first-order valence-corrected chi connectivity index (χ1v) is 11.5. The molecule has 8 nitrogen and oxygen atoms in total. The summed E-state index contributed by atoms with van der Waals surface area (Å²) < 4.78 is 5.46. The van der Waals surface area contributed by atoms with Crippen molar-refractivity contribution in [2.75, 3.05) is 12.4 Å². The average Bonchev–Trinajstić information content (AvgIpc) is 3.34. The second-order valence-corrected chi connectivity index (χ2v) is 8.61.